The second-order valence-corrected chi connectivity index (χ2v) is 10.7. The van der Waals surface area contributed by atoms with Crippen LogP contribution in [0.4, 0.5) is 5.69 Å². The Bertz CT molecular complexity index is 1130. The van der Waals surface area contributed by atoms with Gasteiger partial charge in [-0.25, -0.2) is 0 Å². The molecule has 1 aromatic carbocycles. The zero-order valence-corrected chi connectivity index (χ0v) is 21.5. The maximum atomic E-state index is 13.9. The van der Waals surface area contributed by atoms with E-state index in [0.717, 1.165) is 30.6 Å². The molecule has 0 aromatic heterocycles. The van der Waals surface area contributed by atoms with Crippen LogP contribution in [0, 0.1) is 5.92 Å². The number of hydrogen-bond donors (Lipinski definition) is 1. The summed E-state index contributed by atoms with van der Waals surface area (Å²) in [5.41, 5.74) is 2.33. The first kappa shape index (κ1) is 24.2. The van der Waals surface area contributed by atoms with E-state index in [1.807, 2.05) is 40.1 Å². The lowest BCUT2D eigenvalue weighted by Crippen LogP contribution is -2.50. The number of fused-ring (bicyclic) bond motifs is 1. The van der Waals surface area contributed by atoms with Gasteiger partial charge in [0.05, 0.1) is 18.9 Å². The van der Waals surface area contributed by atoms with Gasteiger partial charge in [0.1, 0.15) is 11.8 Å². The Morgan fingerprint density at radius 1 is 1.22 bits per heavy atom. The van der Waals surface area contributed by atoms with Gasteiger partial charge < -0.3 is 29.5 Å². The number of nitrogens with zero attached hydrogens (tertiary/aromatic N) is 3. The average molecular weight is 505 g/mol. The molecular formula is C29H36N4O4. The van der Waals surface area contributed by atoms with E-state index in [1.165, 1.54) is 0 Å². The van der Waals surface area contributed by atoms with E-state index in [2.05, 4.69) is 41.4 Å². The van der Waals surface area contributed by atoms with E-state index in [9.17, 15) is 9.59 Å². The summed E-state index contributed by atoms with van der Waals surface area (Å²) >= 11 is 0. The normalized spacial score (nSPS) is 30.8. The van der Waals surface area contributed by atoms with Crippen molar-refractivity contribution in [3.63, 3.8) is 0 Å². The quantitative estimate of drug-likeness (QED) is 0.549. The number of allylic oxidation sites excluding steroid dienone is 2. The van der Waals surface area contributed by atoms with E-state index < -0.39 is 0 Å². The van der Waals surface area contributed by atoms with Crippen LogP contribution in [0.25, 0.3) is 0 Å². The second kappa shape index (κ2) is 9.99. The maximum Gasteiger partial charge on any atom is 0.276 e. The van der Waals surface area contributed by atoms with Crippen molar-refractivity contribution in [3.05, 3.63) is 66.0 Å². The molecule has 1 saturated carbocycles. The van der Waals surface area contributed by atoms with E-state index >= 15 is 0 Å². The number of hydrogen-bond acceptors (Lipinski definition) is 6. The number of anilines is 1. The van der Waals surface area contributed by atoms with Crippen molar-refractivity contribution >= 4 is 17.5 Å². The summed E-state index contributed by atoms with van der Waals surface area (Å²) in [6.45, 7) is 5.65. The Morgan fingerprint density at radius 2 is 2.08 bits per heavy atom. The molecule has 1 aromatic rings. The van der Waals surface area contributed by atoms with Crippen LogP contribution < -0.4 is 10.2 Å². The van der Waals surface area contributed by atoms with Gasteiger partial charge in [-0.15, -0.1) is 0 Å². The van der Waals surface area contributed by atoms with Crippen LogP contribution in [0.5, 0.6) is 0 Å². The Hall–Kier alpha value is -3.10. The van der Waals surface area contributed by atoms with Gasteiger partial charge in [-0.05, 0) is 38.3 Å². The lowest BCUT2D eigenvalue weighted by atomic mass is 10.0. The van der Waals surface area contributed by atoms with Crippen molar-refractivity contribution in [3.8, 4) is 0 Å². The van der Waals surface area contributed by atoms with E-state index in [1.54, 1.807) is 0 Å². The molecule has 6 rings (SSSR count). The highest BCUT2D eigenvalue weighted by molar-refractivity contribution is 6.07. The van der Waals surface area contributed by atoms with Crippen LogP contribution in [0.3, 0.4) is 0 Å². The number of benzene rings is 1. The third-order valence-electron chi connectivity index (χ3n) is 8.18. The van der Waals surface area contributed by atoms with Crippen LogP contribution in [-0.2, 0) is 19.1 Å². The van der Waals surface area contributed by atoms with Gasteiger partial charge in [0.15, 0.2) is 0 Å². The highest BCUT2D eigenvalue weighted by atomic mass is 16.5. The summed E-state index contributed by atoms with van der Waals surface area (Å²) in [5.74, 6) is 0.499. The Kier molecular flexibility index (Phi) is 6.55. The molecule has 3 heterocycles. The number of carbonyl (C=O) groups is 2. The van der Waals surface area contributed by atoms with E-state index in [-0.39, 0.29) is 29.6 Å². The molecule has 0 radical (unpaired) electrons. The standard InChI is InChI=1S/C29H36N4O4/c1-21-18-24(31-14-15-32(20-31)27(34)25-11-7-16-36-25)26(28(35)33(21)23-9-3-2-4-10-23)30-13-17-37-29-12-6-5-8-22(29)19-29/h2-6,8-10,12,21-22,25,30H,7,11,13-20H2,1H3. The van der Waals surface area contributed by atoms with Gasteiger partial charge in [0, 0.05) is 56.0 Å². The summed E-state index contributed by atoms with van der Waals surface area (Å²) in [6, 6.07) is 9.84. The molecule has 196 valence electrons. The average Bonchev–Trinajstić information content (AvgIpc) is 3.25. The van der Waals surface area contributed by atoms with Crippen molar-refractivity contribution in [2.24, 2.45) is 5.92 Å². The topological polar surface area (TPSA) is 74.4 Å². The Morgan fingerprint density at radius 3 is 2.86 bits per heavy atom. The number of ether oxygens (including phenoxy) is 2. The molecule has 2 amide bonds. The van der Waals surface area contributed by atoms with Gasteiger partial charge >= 0.3 is 0 Å². The molecule has 0 bridgehead atoms. The minimum atomic E-state index is -0.321. The summed E-state index contributed by atoms with van der Waals surface area (Å²) < 4.78 is 11.9. The van der Waals surface area contributed by atoms with Gasteiger partial charge in [-0.1, -0.05) is 42.5 Å². The SMILES string of the molecule is CC1CC(N2CCN(C(=O)C3CCCO3)C2)=C(NCCOC23C=CC=CC2C3)C(=O)N1c1ccccc1. The number of carbonyl (C=O) groups excluding carboxylic acids is 2. The molecule has 1 N–H and O–H groups in total. The molecule has 37 heavy (non-hydrogen) atoms. The molecule has 8 heteroatoms. The largest absolute Gasteiger partial charge is 0.377 e. The minimum Gasteiger partial charge on any atom is -0.377 e. The fourth-order valence-electron chi connectivity index (χ4n) is 6.06. The fraction of sp³-hybridized carbons (Fsp3) is 0.517. The van der Waals surface area contributed by atoms with Crippen molar-refractivity contribution in [1.29, 1.82) is 0 Å². The molecule has 3 aliphatic heterocycles. The number of amides is 2. The Balaban J connectivity index is 1.19. The molecule has 2 saturated heterocycles. The highest BCUT2D eigenvalue weighted by Gasteiger charge is 2.52. The number of para-hydroxylation sites is 1. The molecule has 8 nitrogen and oxygen atoms in total. The van der Waals surface area contributed by atoms with Crippen molar-refractivity contribution in [2.75, 3.05) is 44.4 Å². The van der Waals surface area contributed by atoms with Gasteiger partial charge in [0.2, 0.25) is 0 Å². The van der Waals surface area contributed by atoms with Gasteiger partial charge in [0.25, 0.3) is 11.8 Å². The zero-order chi connectivity index (χ0) is 25.4. The molecule has 4 atom stereocenters. The molecule has 5 aliphatic rings. The van der Waals surface area contributed by atoms with Crippen LogP contribution in [0.2, 0.25) is 0 Å². The molecule has 3 fully saturated rings. The van der Waals surface area contributed by atoms with Gasteiger partial charge in [-0.3, -0.25) is 9.59 Å². The van der Waals surface area contributed by atoms with Crippen molar-refractivity contribution in [2.45, 2.75) is 50.4 Å². The zero-order valence-electron chi connectivity index (χ0n) is 21.5. The molecule has 0 spiro atoms. The monoisotopic (exact) mass is 504 g/mol. The fourth-order valence-corrected chi connectivity index (χ4v) is 6.06. The summed E-state index contributed by atoms with van der Waals surface area (Å²) in [7, 11) is 0. The minimum absolute atomic E-state index is 0.000101. The molecular weight excluding hydrogens is 468 g/mol. The lowest BCUT2D eigenvalue weighted by Gasteiger charge is -2.39. The van der Waals surface area contributed by atoms with Crippen LogP contribution in [0.1, 0.15) is 32.6 Å². The van der Waals surface area contributed by atoms with E-state index in [0.29, 0.717) is 57.6 Å². The highest BCUT2D eigenvalue weighted by Crippen LogP contribution is 2.50. The maximum absolute atomic E-state index is 13.9. The first-order valence-electron chi connectivity index (χ1n) is 13.6. The second-order valence-electron chi connectivity index (χ2n) is 10.7. The van der Waals surface area contributed by atoms with Gasteiger partial charge in [-0.2, -0.15) is 0 Å². The lowest BCUT2D eigenvalue weighted by molar-refractivity contribution is -0.140. The third-order valence-corrected chi connectivity index (χ3v) is 8.18. The number of nitrogens with one attached hydrogen (secondary N) is 1. The van der Waals surface area contributed by atoms with Crippen LogP contribution >= 0.6 is 0 Å². The molecule has 4 unspecified atom stereocenters. The molecule has 2 aliphatic carbocycles. The van der Waals surface area contributed by atoms with Crippen molar-refractivity contribution < 1.29 is 19.1 Å². The predicted octanol–water partition coefficient (Wildman–Crippen LogP) is 2.80. The summed E-state index contributed by atoms with van der Waals surface area (Å²) in [5, 5.41) is 3.44. The predicted molar refractivity (Wildman–Crippen MR) is 140 cm³/mol. The first-order valence-corrected chi connectivity index (χ1v) is 13.6. The summed E-state index contributed by atoms with van der Waals surface area (Å²) in [6.07, 6.45) is 11.6. The van der Waals surface area contributed by atoms with Crippen molar-refractivity contribution in [1.82, 2.24) is 15.1 Å². The Labute approximate surface area is 218 Å². The van der Waals surface area contributed by atoms with E-state index in [4.69, 9.17) is 9.47 Å². The van der Waals surface area contributed by atoms with Crippen LogP contribution in [-0.4, -0.2) is 78.9 Å². The third kappa shape index (κ3) is 4.68. The smallest absolute Gasteiger partial charge is 0.276 e. The van der Waals surface area contributed by atoms with Crippen LogP contribution in [0.15, 0.2) is 66.0 Å². The summed E-state index contributed by atoms with van der Waals surface area (Å²) in [4.78, 5) is 32.8. The number of rotatable bonds is 8. The first-order chi connectivity index (χ1) is 18.1.